The van der Waals surface area contributed by atoms with E-state index in [1.807, 2.05) is 0 Å². The Balaban J connectivity index is 1.47. The smallest absolute Gasteiger partial charge is 0.0210 e. The summed E-state index contributed by atoms with van der Waals surface area (Å²) >= 11 is 0. The summed E-state index contributed by atoms with van der Waals surface area (Å²) < 4.78 is 0. The van der Waals surface area contributed by atoms with Gasteiger partial charge in [-0.25, -0.2) is 0 Å². The van der Waals surface area contributed by atoms with E-state index in [2.05, 4.69) is 17.1 Å². The van der Waals surface area contributed by atoms with Crippen LogP contribution in [0.15, 0.2) is 0 Å². The highest BCUT2D eigenvalue weighted by molar-refractivity contribution is 4.93. The van der Waals surface area contributed by atoms with Crippen LogP contribution in [-0.2, 0) is 0 Å². The maximum Gasteiger partial charge on any atom is 0.0210 e. The number of nitrogens with zero attached hydrogens (tertiary/aromatic N) is 1. The van der Waals surface area contributed by atoms with Crippen LogP contribution in [0.1, 0.15) is 64.7 Å². The molecule has 1 heterocycles. The lowest BCUT2D eigenvalue weighted by molar-refractivity contribution is 0.240. The summed E-state index contributed by atoms with van der Waals surface area (Å²) in [6.07, 6.45) is 13.0. The summed E-state index contributed by atoms with van der Waals surface area (Å²) in [6, 6.07) is 2.55. The van der Waals surface area contributed by atoms with Crippen LogP contribution in [0.2, 0.25) is 0 Å². The molecule has 104 valence electrons. The third kappa shape index (κ3) is 3.08. The Morgan fingerprint density at radius 1 is 1.06 bits per heavy atom. The molecule has 0 amide bonds. The lowest BCUT2D eigenvalue weighted by Gasteiger charge is -2.32. The topological polar surface area (TPSA) is 15.3 Å². The number of rotatable bonds is 5. The van der Waals surface area contributed by atoms with Crippen LogP contribution in [0.5, 0.6) is 0 Å². The molecule has 2 heteroatoms. The monoisotopic (exact) mass is 250 g/mol. The Hall–Kier alpha value is -0.0800. The predicted octanol–water partition coefficient (Wildman–Crippen LogP) is 3.17. The van der Waals surface area contributed by atoms with Crippen LogP contribution in [0.25, 0.3) is 0 Å². The molecule has 3 rings (SSSR count). The zero-order valence-corrected chi connectivity index (χ0v) is 12.0. The van der Waals surface area contributed by atoms with E-state index in [9.17, 15) is 0 Å². The Morgan fingerprint density at radius 2 is 1.83 bits per heavy atom. The number of likely N-dealkylation sites (tertiary alicyclic amines) is 1. The minimum Gasteiger partial charge on any atom is -0.310 e. The largest absolute Gasteiger partial charge is 0.310 e. The molecule has 0 spiro atoms. The predicted molar refractivity (Wildman–Crippen MR) is 76.8 cm³/mol. The minimum absolute atomic E-state index is 0.789. The van der Waals surface area contributed by atoms with Crippen LogP contribution in [0, 0.1) is 5.92 Å². The van der Waals surface area contributed by atoms with Gasteiger partial charge in [-0.15, -0.1) is 0 Å². The van der Waals surface area contributed by atoms with Crippen molar-refractivity contribution in [2.75, 3.05) is 13.1 Å². The molecule has 2 aliphatic carbocycles. The summed E-state index contributed by atoms with van der Waals surface area (Å²) in [6.45, 7) is 5.05. The molecule has 18 heavy (non-hydrogen) atoms. The van der Waals surface area contributed by atoms with E-state index >= 15 is 0 Å². The Kier molecular flexibility index (Phi) is 4.25. The highest BCUT2D eigenvalue weighted by Gasteiger charge is 2.35. The third-order valence-corrected chi connectivity index (χ3v) is 5.39. The van der Waals surface area contributed by atoms with Crippen LogP contribution >= 0.6 is 0 Å². The highest BCUT2D eigenvalue weighted by atomic mass is 15.2. The van der Waals surface area contributed by atoms with E-state index in [-0.39, 0.29) is 0 Å². The fourth-order valence-electron chi connectivity index (χ4n) is 4.12. The molecule has 1 N–H and O–H groups in total. The number of hydrogen-bond donors (Lipinski definition) is 1. The molecule has 2 unspecified atom stereocenters. The molecule has 0 aromatic carbocycles. The first kappa shape index (κ1) is 12.9. The summed E-state index contributed by atoms with van der Waals surface area (Å²) in [4.78, 5) is 2.73. The first-order valence-electron chi connectivity index (χ1n) is 8.37. The van der Waals surface area contributed by atoms with E-state index in [1.165, 1.54) is 70.9 Å². The third-order valence-electron chi connectivity index (χ3n) is 5.39. The summed E-state index contributed by atoms with van der Waals surface area (Å²) in [5.41, 5.74) is 0. The molecule has 1 aliphatic heterocycles. The van der Waals surface area contributed by atoms with Crippen molar-refractivity contribution in [3.05, 3.63) is 0 Å². The fourth-order valence-corrected chi connectivity index (χ4v) is 4.12. The first-order chi connectivity index (χ1) is 8.86. The molecular formula is C16H30N2. The summed E-state index contributed by atoms with van der Waals surface area (Å²) in [7, 11) is 0. The van der Waals surface area contributed by atoms with E-state index in [0.717, 1.165) is 24.0 Å². The molecule has 0 aromatic heterocycles. The van der Waals surface area contributed by atoms with E-state index in [4.69, 9.17) is 0 Å². The maximum atomic E-state index is 4.01. The van der Waals surface area contributed by atoms with Gasteiger partial charge in [0.05, 0.1) is 0 Å². The van der Waals surface area contributed by atoms with Crippen molar-refractivity contribution in [1.82, 2.24) is 10.2 Å². The molecule has 2 atom stereocenters. The van der Waals surface area contributed by atoms with Gasteiger partial charge in [0.15, 0.2) is 0 Å². The average molecular weight is 250 g/mol. The van der Waals surface area contributed by atoms with Crippen LogP contribution in [0.3, 0.4) is 0 Å². The zero-order valence-electron chi connectivity index (χ0n) is 12.0. The van der Waals surface area contributed by atoms with E-state index < -0.39 is 0 Å². The van der Waals surface area contributed by atoms with Gasteiger partial charge in [0, 0.05) is 31.2 Å². The standard InChI is InChI=1S/C16H30N2/c1-2-16(13-6-4-3-5-7-13)17-14-10-11-18(12-14)15-8-9-15/h13-17H,2-12H2,1H3. The van der Waals surface area contributed by atoms with E-state index in [1.54, 1.807) is 0 Å². The van der Waals surface area contributed by atoms with Crippen molar-refractivity contribution in [1.29, 1.82) is 0 Å². The normalized spacial score (nSPS) is 32.8. The van der Waals surface area contributed by atoms with E-state index in [0.29, 0.717) is 0 Å². The van der Waals surface area contributed by atoms with Gasteiger partial charge in [0.25, 0.3) is 0 Å². The lowest BCUT2D eigenvalue weighted by Crippen LogP contribution is -2.44. The average Bonchev–Trinajstić information content (AvgIpc) is 3.17. The second-order valence-electron chi connectivity index (χ2n) is 6.79. The molecule has 2 saturated carbocycles. The lowest BCUT2D eigenvalue weighted by atomic mass is 9.82. The summed E-state index contributed by atoms with van der Waals surface area (Å²) in [5.74, 6) is 0.971. The van der Waals surface area contributed by atoms with Gasteiger partial charge < -0.3 is 5.32 Å². The van der Waals surface area contributed by atoms with Gasteiger partial charge in [-0.1, -0.05) is 26.2 Å². The van der Waals surface area contributed by atoms with Crippen LogP contribution in [0.4, 0.5) is 0 Å². The van der Waals surface area contributed by atoms with Crippen molar-refractivity contribution in [3.8, 4) is 0 Å². The molecule has 0 radical (unpaired) electrons. The molecule has 0 bridgehead atoms. The number of hydrogen-bond acceptors (Lipinski definition) is 2. The highest BCUT2D eigenvalue weighted by Crippen LogP contribution is 2.31. The van der Waals surface area contributed by atoms with Crippen molar-refractivity contribution in [2.24, 2.45) is 5.92 Å². The van der Waals surface area contributed by atoms with Crippen molar-refractivity contribution in [3.63, 3.8) is 0 Å². The van der Waals surface area contributed by atoms with Gasteiger partial charge in [0.1, 0.15) is 0 Å². The SMILES string of the molecule is CCC(NC1CCN(C2CC2)C1)C1CCCCC1. The number of nitrogens with one attached hydrogen (secondary N) is 1. The summed E-state index contributed by atoms with van der Waals surface area (Å²) in [5, 5.41) is 4.01. The Morgan fingerprint density at radius 3 is 2.50 bits per heavy atom. The molecule has 2 nitrogen and oxygen atoms in total. The second kappa shape index (κ2) is 5.92. The van der Waals surface area contributed by atoms with Gasteiger partial charge in [-0.05, 0) is 44.4 Å². The first-order valence-corrected chi connectivity index (χ1v) is 8.37. The molecule has 1 saturated heterocycles. The van der Waals surface area contributed by atoms with Crippen molar-refractivity contribution >= 4 is 0 Å². The quantitative estimate of drug-likeness (QED) is 0.806. The maximum absolute atomic E-state index is 4.01. The molecule has 0 aromatic rings. The molecular weight excluding hydrogens is 220 g/mol. The van der Waals surface area contributed by atoms with Gasteiger partial charge in [-0.2, -0.15) is 0 Å². The zero-order chi connectivity index (χ0) is 12.4. The van der Waals surface area contributed by atoms with Gasteiger partial charge in [0.2, 0.25) is 0 Å². The fraction of sp³-hybridized carbons (Fsp3) is 1.00. The molecule has 3 aliphatic rings. The van der Waals surface area contributed by atoms with Crippen LogP contribution in [-0.4, -0.2) is 36.1 Å². The van der Waals surface area contributed by atoms with Crippen molar-refractivity contribution < 1.29 is 0 Å². The van der Waals surface area contributed by atoms with Gasteiger partial charge in [-0.3, -0.25) is 4.90 Å². The Labute approximate surface area is 113 Å². The van der Waals surface area contributed by atoms with Crippen LogP contribution < -0.4 is 5.32 Å². The molecule has 3 fully saturated rings. The van der Waals surface area contributed by atoms with Gasteiger partial charge >= 0.3 is 0 Å². The second-order valence-corrected chi connectivity index (χ2v) is 6.79. The van der Waals surface area contributed by atoms with Crippen molar-refractivity contribution in [2.45, 2.75) is 82.8 Å². The minimum atomic E-state index is 0.789. The Bertz CT molecular complexity index is 256.